The van der Waals surface area contributed by atoms with Gasteiger partial charge >= 0.3 is 0 Å². The monoisotopic (exact) mass is 312 g/mol. The Labute approximate surface area is 112 Å². The van der Waals surface area contributed by atoms with Crippen molar-refractivity contribution in [1.82, 2.24) is 0 Å². The summed E-state index contributed by atoms with van der Waals surface area (Å²) in [7, 11) is 0. The predicted octanol–water partition coefficient (Wildman–Crippen LogP) is 4.36. The molecule has 3 N–H and O–H groups in total. The summed E-state index contributed by atoms with van der Waals surface area (Å²) in [6, 6.07) is 7.28. The molecule has 18 heavy (non-hydrogen) atoms. The van der Waals surface area contributed by atoms with Crippen molar-refractivity contribution in [2.24, 2.45) is 0 Å². The van der Waals surface area contributed by atoms with Crippen LogP contribution in [0.5, 0.6) is 0 Å². The molecule has 0 radical (unpaired) electrons. The van der Waals surface area contributed by atoms with Crippen LogP contribution in [0.4, 0.5) is 25.8 Å². The lowest BCUT2D eigenvalue weighted by atomic mass is 10.1. The first kappa shape index (κ1) is 12.8. The van der Waals surface area contributed by atoms with Crippen LogP contribution in [-0.2, 0) is 0 Å². The third kappa shape index (κ3) is 2.61. The number of halogens is 3. The van der Waals surface area contributed by atoms with Crippen molar-refractivity contribution in [3.05, 3.63) is 52.0 Å². The molecule has 2 nitrogen and oxygen atoms in total. The molecule has 2 aromatic carbocycles. The molecule has 0 unspecified atom stereocenters. The van der Waals surface area contributed by atoms with Crippen LogP contribution >= 0.6 is 15.9 Å². The van der Waals surface area contributed by atoms with Crippen LogP contribution in [0.15, 0.2) is 34.8 Å². The molecular weight excluding hydrogens is 302 g/mol. The largest absolute Gasteiger partial charge is 0.397 e. The molecule has 0 aliphatic carbocycles. The van der Waals surface area contributed by atoms with Crippen LogP contribution in [0.1, 0.15) is 5.56 Å². The van der Waals surface area contributed by atoms with E-state index in [2.05, 4.69) is 21.2 Å². The van der Waals surface area contributed by atoms with E-state index < -0.39 is 5.82 Å². The third-order valence-electron chi connectivity index (χ3n) is 2.53. The van der Waals surface area contributed by atoms with E-state index in [4.69, 9.17) is 5.73 Å². The molecule has 2 rings (SSSR count). The van der Waals surface area contributed by atoms with E-state index in [1.54, 1.807) is 25.1 Å². The normalized spacial score (nSPS) is 10.4. The van der Waals surface area contributed by atoms with Crippen molar-refractivity contribution in [2.45, 2.75) is 6.92 Å². The molecule has 0 spiro atoms. The zero-order valence-electron chi connectivity index (χ0n) is 9.60. The minimum Gasteiger partial charge on any atom is -0.397 e. The van der Waals surface area contributed by atoms with Gasteiger partial charge in [-0.05, 0) is 42.8 Å². The lowest BCUT2D eigenvalue weighted by molar-refractivity contribution is 0.619. The highest BCUT2D eigenvalue weighted by Crippen LogP contribution is 2.29. The average Bonchev–Trinajstić information content (AvgIpc) is 2.30. The molecule has 0 aliphatic heterocycles. The van der Waals surface area contributed by atoms with E-state index in [1.165, 1.54) is 12.1 Å². The minimum atomic E-state index is -0.403. The van der Waals surface area contributed by atoms with Gasteiger partial charge in [0, 0.05) is 4.47 Å². The van der Waals surface area contributed by atoms with Gasteiger partial charge in [-0.3, -0.25) is 0 Å². The summed E-state index contributed by atoms with van der Waals surface area (Å²) >= 11 is 3.26. The lowest BCUT2D eigenvalue weighted by Gasteiger charge is -2.12. The molecule has 0 fully saturated rings. The molecule has 0 saturated carbocycles. The van der Waals surface area contributed by atoms with Crippen molar-refractivity contribution in [1.29, 1.82) is 0 Å². The molecule has 0 atom stereocenters. The molecule has 5 heteroatoms. The van der Waals surface area contributed by atoms with Gasteiger partial charge < -0.3 is 11.1 Å². The Kier molecular flexibility index (Phi) is 3.52. The number of nitrogens with one attached hydrogen (secondary N) is 1. The Balaban J connectivity index is 2.40. The topological polar surface area (TPSA) is 38.0 Å². The van der Waals surface area contributed by atoms with Gasteiger partial charge in [-0.2, -0.15) is 0 Å². The summed E-state index contributed by atoms with van der Waals surface area (Å²) in [5.74, 6) is -0.785. The Hall–Kier alpha value is -1.62. The molecule has 0 aliphatic rings. The van der Waals surface area contributed by atoms with Crippen molar-refractivity contribution < 1.29 is 8.78 Å². The third-order valence-corrected chi connectivity index (χ3v) is 3.02. The second-order valence-corrected chi connectivity index (χ2v) is 4.85. The first-order chi connectivity index (χ1) is 8.47. The predicted molar refractivity (Wildman–Crippen MR) is 72.9 cm³/mol. The SMILES string of the molecule is Cc1cc(Nc2cc(Br)ccc2F)c(N)cc1F. The molecule has 0 bridgehead atoms. The highest BCUT2D eigenvalue weighted by atomic mass is 79.9. The summed E-state index contributed by atoms with van der Waals surface area (Å²) in [6.07, 6.45) is 0. The fraction of sp³-hybridized carbons (Fsp3) is 0.0769. The molecule has 0 amide bonds. The second-order valence-electron chi connectivity index (χ2n) is 3.94. The molecule has 0 saturated heterocycles. The van der Waals surface area contributed by atoms with Gasteiger partial charge in [-0.1, -0.05) is 15.9 Å². The van der Waals surface area contributed by atoms with Gasteiger partial charge in [-0.25, -0.2) is 8.78 Å². The number of hydrogen-bond donors (Lipinski definition) is 2. The molecule has 0 aromatic heterocycles. The zero-order valence-corrected chi connectivity index (χ0v) is 11.2. The van der Waals surface area contributed by atoms with Gasteiger partial charge in [0.05, 0.1) is 17.1 Å². The van der Waals surface area contributed by atoms with E-state index in [0.717, 1.165) is 4.47 Å². The zero-order chi connectivity index (χ0) is 13.3. The van der Waals surface area contributed by atoms with Crippen LogP contribution in [0.25, 0.3) is 0 Å². The van der Waals surface area contributed by atoms with E-state index in [-0.39, 0.29) is 17.2 Å². The van der Waals surface area contributed by atoms with Gasteiger partial charge in [0.15, 0.2) is 0 Å². The maximum atomic E-state index is 13.6. The highest BCUT2D eigenvalue weighted by Gasteiger charge is 2.08. The average molecular weight is 313 g/mol. The van der Waals surface area contributed by atoms with Crippen molar-refractivity contribution >= 4 is 33.0 Å². The van der Waals surface area contributed by atoms with E-state index in [1.807, 2.05) is 0 Å². The molecule has 0 heterocycles. The van der Waals surface area contributed by atoms with E-state index in [0.29, 0.717) is 11.3 Å². The van der Waals surface area contributed by atoms with Crippen LogP contribution in [0.3, 0.4) is 0 Å². The number of anilines is 3. The second kappa shape index (κ2) is 4.94. The summed E-state index contributed by atoms with van der Waals surface area (Å²) < 4.78 is 27.6. The number of rotatable bonds is 2. The van der Waals surface area contributed by atoms with E-state index >= 15 is 0 Å². The summed E-state index contributed by atoms with van der Waals surface area (Å²) in [6.45, 7) is 1.62. The summed E-state index contributed by atoms with van der Waals surface area (Å²) in [4.78, 5) is 0. The minimum absolute atomic E-state index is 0.234. The van der Waals surface area contributed by atoms with Crippen LogP contribution in [0.2, 0.25) is 0 Å². The summed E-state index contributed by atoms with van der Waals surface area (Å²) in [5.41, 5.74) is 7.13. The smallest absolute Gasteiger partial charge is 0.146 e. The molecular formula is C13H11BrF2N2. The molecule has 94 valence electrons. The number of nitrogen functional groups attached to an aromatic ring is 1. The Bertz CT molecular complexity index is 600. The first-order valence-electron chi connectivity index (χ1n) is 5.25. The fourth-order valence-corrected chi connectivity index (χ4v) is 1.90. The van der Waals surface area contributed by atoms with Crippen LogP contribution in [0, 0.1) is 18.6 Å². The number of hydrogen-bond acceptors (Lipinski definition) is 2. The van der Waals surface area contributed by atoms with Crippen molar-refractivity contribution in [2.75, 3.05) is 11.1 Å². The summed E-state index contributed by atoms with van der Waals surface area (Å²) in [5, 5.41) is 2.85. The standard InChI is InChI=1S/C13H11BrF2N2/c1-7-4-13(11(17)6-10(7)16)18-12-5-8(14)2-3-9(12)15/h2-6,18H,17H2,1H3. The first-order valence-corrected chi connectivity index (χ1v) is 6.04. The highest BCUT2D eigenvalue weighted by molar-refractivity contribution is 9.10. The quantitative estimate of drug-likeness (QED) is 0.808. The maximum Gasteiger partial charge on any atom is 0.146 e. The Morgan fingerprint density at radius 2 is 1.78 bits per heavy atom. The van der Waals surface area contributed by atoms with Crippen LogP contribution < -0.4 is 11.1 Å². The maximum absolute atomic E-state index is 13.6. The number of aryl methyl sites for hydroxylation is 1. The van der Waals surface area contributed by atoms with E-state index in [9.17, 15) is 8.78 Å². The Morgan fingerprint density at radius 1 is 1.06 bits per heavy atom. The molecule has 2 aromatic rings. The van der Waals surface area contributed by atoms with Gasteiger partial charge in [-0.15, -0.1) is 0 Å². The fourth-order valence-electron chi connectivity index (χ4n) is 1.54. The lowest BCUT2D eigenvalue weighted by Crippen LogP contribution is -2.00. The van der Waals surface area contributed by atoms with Crippen LogP contribution in [-0.4, -0.2) is 0 Å². The van der Waals surface area contributed by atoms with Gasteiger partial charge in [0.1, 0.15) is 11.6 Å². The number of nitrogens with two attached hydrogens (primary N) is 1. The van der Waals surface area contributed by atoms with Crippen molar-refractivity contribution in [3.63, 3.8) is 0 Å². The Morgan fingerprint density at radius 3 is 2.50 bits per heavy atom. The van der Waals surface area contributed by atoms with Crippen molar-refractivity contribution in [3.8, 4) is 0 Å². The van der Waals surface area contributed by atoms with Gasteiger partial charge in [0.2, 0.25) is 0 Å². The van der Waals surface area contributed by atoms with Gasteiger partial charge in [0.25, 0.3) is 0 Å². The number of benzene rings is 2.